The highest BCUT2D eigenvalue weighted by Gasteiger charge is 2.11. The fraction of sp³-hybridized carbons (Fsp3) is 0.462. The number of hydrogen-bond acceptors (Lipinski definition) is 2. The molecule has 0 spiro atoms. The Labute approximate surface area is 97.3 Å². The molecule has 0 aliphatic carbocycles. The van der Waals surface area contributed by atoms with E-state index in [4.69, 9.17) is 10.8 Å². The summed E-state index contributed by atoms with van der Waals surface area (Å²) in [7, 11) is 0. The number of aliphatic carboxylic acids is 1. The molecule has 3 heteroatoms. The SMILES string of the molecule is CC(C)(C)c1ccccc1.CC(N)C(=O)O. The maximum Gasteiger partial charge on any atom is 0.320 e. The van der Waals surface area contributed by atoms with Gasteiger partial charge in [-0.15, -0.1) is 0 Å². The second kappa shape index (κ2) is 6.28. The van der Waals surface area contributed by atoms with Gasteiger partial charge in [0, 0.05) is 0 Å². The van der Waals surface area contributed by atoms with Crippen molar-refractivity contribution in [3.63, 3.8) is 0 Å². The lowest BCUT2D eigenvalue weighted by atomic mass is 9.87. The second-order valence-electron chi connectivity index (χ2n) is 4.74. The Bertz CT molecular complexity index is 312. The largest absolute Gasteiger partial charge is 0.480 e. The number of hydrogen-bond donors (Lipinski definition) is 2. The van der Waals surface area contributed by atoms with Crippen molar-refractivity contribution in [2.24, 2.45) is 5.73 Å². The lowest BCUT2D eigenvalue weighted by Crippen LogP contribution is -2.25. The van der Waals surface area contributed by atoms with Crippen LogP contribution in [0, 0.1) is 0 Å². The van der Waals surface area contributed by atoms with Gasteiger partial charge in [0.1, 0.15) is 6.04 Å². The Kier molecular flexibility index (Phi) is 5.75. The zero-order valence-electron chi connectivity index (χ0n) is 10.4. The Morgan fingerprint density at radius 2 is 1.62 bits per heavy atom. The first-order chi connectivity index (χ1) is 7.25. The standard InChI is InChI=1S/C10H14.C3H7NO2/c1-10(2,3)9-7-5-4-6-8-9;1-2(4)3(5)6/h4-8H,1-3H3;2H,4H2,1H3,(H,5,6). The maximum absolute atomic E-state index is 9.57. The summed E-state index contributed by atoms with van der Waals surface area (Å²) in [5.74, 6) is -0.963. The molecule has 3 nitrogen and oxygen atoms in total. The molecule has 3 N–H and O–H groups in total. The molecule has 0 heterocycles. The van der Waals surface area contributed by atoms with Gasteiger partial charge in [0.15, 0.2) is 0 Å². The Balaban J connectivity index is 0.000000325. The summed E-state index contributed by atoms with van der Waals surface area (Å²) in [6.07, 6.45) is 0. The van der Waals surface area contributed by atoms with Gasteiger partial charge in [-0.05, 0) is 17.9 Å². The molecular formula is C13H21NO2. The molecule has 0 bridgehead atoms. The molecule has 16 heavy (non-hydrogen) atoms. The normalized spacial score (nSPS) is 12.3. The molecule has 0 amide bonds. The molecule has 1 aromatic carbocycles. The van der Waals surface area contributed by atoms with E-state index in [9.17, 15) is 4.79 Å². The maximum atomic E-state index is 9.57. The first-order valence-corrected chi connectivity index (χ1v) is 5.29. The average molecular weight is 223 g/mol. The molecule has 0 saturated heterocycles. The fourth-order valence-electron chi connectivity index (χ4n) is 0.938. The summed E-state index contributed by atoms with van der Waals surface area (Å²) in [4.78, 5) is 9.57. The summed E-state index contributed by atoms with van der Waals surface area (Å²) < 4.78 is 0. The van der Waals surface area contributed by atoms with Crippen molar-refractivity contribution in [1.29, 1.82) is 0 Å². The van der Waals surface area contributed by atoms with E-state index >= 15 is 0 Å². The van der Waals surface area contributed by atoms with Gasteiger partial charge in [-0.3, -0.25) is 4.79 Å². The van der Waals surface area contributed by atoms with Crippen LogP contribution in [0.5, 0.6) is 0 Å². The monoisotopic (exact) mass is 223 g/mol. The van der Waals surface area contributed by atoms with Crippen molar-refractivity contribution in [1.82, 2.24) is 0 Å². The third-order valence-corrected chi connectivity index (χ3v) is 2.03. The van der Waals surface area contributed by atoms with E-state index in [1.807, 2.05) is 0 Å². The van der Waals surface area contributed by atoms with Crippen LogP contribution in [0.3, 0.4) is 0 Å². The third kappa shape index (κ3) is 6.19. The van der Waals surface area contributed by atoms with E-state index < -0.39 is 12.0 Å². The van der Waals surface area contributed by atoms with Gasteiger partial charge in [-0.1, -0.05) is 51.1 Å². The highest BCUT2D eigenvalue weighted by atomic mass is 16.4. The molecule has 0 aromatic heterocycles. The van der Waals surface area contributed by atoms with Crippen molar-refractivity contribution in [2.75, 3.05) is 0 Å². The van der Waals surface area contributed by atoms with Crippen LogP contribution in [0.25, 0.3) is 0 Å². The quantitative estimate of drug-likeness (QED) is 0.768. The average Bonchev–Trinajstić information content (AvgIpc) is 2.18. The first-order valence-electron chi connectivity index (χ1n) is 5.29. The summed E-state index contributed by atoms with van der Waals surface area (Å²) in [6.45, 7) is 8.09. The number of nitrogens with two attached hydrogens (primary N) is 1. The third-order valence-electron chi connectivity index (χ3n) is 2.03. The van der Waals surface area contributed by atoms with E-state index in [1.165, 1.54) is 12.5 Å². The minimum Gasteiger partial charge on any atom is -0.480 e. The van der Waals surface area contributed by atoms with Gasteiger partial charge in [0.05, 0.1) is 0 Å². The van der Waals surface area contributed by atoms with E-state index in [0.29, 0.717) is 5.41 Å². The lowest BCUT2D eigenvalue weighted by molar-refractivity contribution is -0.138. The number of benzene rings is 1. The summed E-state index contributed by atoms with van der Waals surface area (Å²) in [5.41, 5.74) is 6.53. The van der Waals surface area contributed by atoms with Gasteiger partial charge in [-0.2, -0.15) is 0 Å². The zero-order chi connectivity index (χ0) is 12.8. The van der Waals surface area contributed by atoms with Crippen LogP contribution in [-0.4, -0.2) is 17.1 Å². The van der Waals surface area contributed by atoms with Crippen LogP contribution in [0.2, 0.25) is 0 Å². The number of carbonyl (C=O) groups is 1. The molecule has 1 unspecified atom stereocenters. The number of carboxylic acids is 1. The lowest BCUT2D eigenvalue weighted by Gasteiger charge is -2.18. The molecular weight excluding hydrogens is 202 g/mol. The Morgan fingerprint density at radius 3 is 1.81 bits per heavy atom. The fourth-order valence-corrected chi connectivity index (χ4v) is 0.938. The summed E-state index contributed by atoms with van der Waals surface area (Å²) in [6, 6.07) is 9.82. The second-order valence-corrected chi connectivity index (χ2v) is 4.74. The van der Waals surface area contributed by atoms with Crippen molar-refractivity contribution < 1.29 is 9.90 Å². The molecule has 1 aromatic rings. The number of rotatable bonds is 1. The molecule has 1 atom stereocenters. The minimum atomic E-state index is -0.963. The highest BCUT2D eigenvalue weighted by molar-refractivity contribution is 5.72. The van der Waals surface area contributed by atoms with E-state index in [0.717, 1.165) is 0 Å². The predicted molar refractivity (Wildman–Crippen MR) is 66.4 cm³/mol. The van der Waals surface area contributed by atoms with Crippen molar-refractivity contribution in [3.05, 3.63) is 35.9 Å². The summed E-state index contributed by atoms with van der Waals surface area (Å²) in [5, 5.41) is 7.87. The Morgan fingerprint density at radius 1 is 1.25 bits per heavy atom. The minimum absolute atomic E-state index is 0.293. The Hall–Kier alpha value is -1.35. The summed E-state index contributed by atoms with van der Waals surface area (Å²) >= 11 is 0. The van der Waals surface area contributed by atoms with Crippen LogP contribution < -0.4 is 5.73 Å². The molecule has 0 radical (unpaired) electrons. The van der Waals surface area contributed by atoms with Gasteiger partial charge in [0.25, 0.3) is 0 Å². The van der Waals surface area contributed by atoms with Crippen LogP contribution >= 0.6 is 0 Å². The van der Waals surface area contributed by atoms with Gasteiger partial charge in [0.2, 0.25) is 0 Å². The van der Waals surface area contributed by atoms with Crippen LogP contribution in [0.1, 0.15) is 33.3 Å². The van der Waals surface area contributed by atoms with Crippen molar-refractivity contribution >= 4 is 5.97 Å². The molecule has 90 valence electrons. The molecule has 0 aliphatic heterocycles. The molecule has 1 rings (SSSR count). The van der Waals surface area contributed by atoms with Crippen molar-refractivity contribution in [3.8, 4) is 0 Å². The molecule has 0 fully saturated rings. The van der Waals surface area contributed by atoms with Crippen LogP contribution in [0.4, 0.5) is 0 Å². The zero-order valence-corrected chi connectivity index (χ0v) is 10.4. The first kappa shape index (κ1) is 14.6. The number of carboxylic acid groups (broad SMARTS) is 1. The van der Waals surface area contributed by atoms with E-state index in [-0.39, 0.29) is 0 Å². The van der Waals surface area contributed by atoms with E-state index in [2.05, 4.69) is 51.1 Å². The molecule has 0 saturated carbocycles. The highest BCUT2D eigenvalue weighted by Crippen LogP contribution is 2.20. The van der Waals surface area contributed by atoms with Gasteiger partial charge < -0.3 is 10.8 Å². The molecule has 0 aliphatic rings. The van der Waals surface area contributed by atoms with Crippen LogP contribution in [-0.2, 0) is 10.2 Å². The predicted octanol–water partition coefficient (Wildman–Crippen LogP) is 2.40. The van der Waals surface area contributed by atoms with Crippen LogP contribution in [0.15, 0.2) is 30.3 Å². The van der Waals surface area contributed by atoms with E-state index in [1.54, 1.807) is 0 Å². The smallest absolute Gasteiger partial charge is 0.320 e. The topological polar surface area (TPSA) is 63.3 Å². The van der Waals surface area contributed by atoms with Crippen molar-refractivity contribution in [2.45, 2.75) is 39.2 Å². The van der Waals surface area contributed by atoms with Gasteiger partial charge in [-0.25, -0.2) is 0 Å². The van der Waals surface area contributed by atoms with Gasteiger partial charge >= 0.3 is 5.97 Å².